The number of rotatable bonds is 19. The first-order valence-corrected chi connectivity index (χ1v) is 36.0. The standard InChI is InChI=1S/C28H28FN5O.C27H28FN5O2.C26H24F3N5O/c1-17-13-34-27(32-17)23(19-4-2-18(3-5-19)14-33-15-20-10-21(20)16-33)11-30-28(34)31-12-24-22-8-9-35-26(22)7-6-25(24)29;1-17-13-33-26(31-17)22(19-5-3-18(4-6-19)14-32-15-20(16-32)34-2)11-29-27(33)30-12-23-21-9-10-35-25(21)8-7-24(23)28;1-16-12-34-24(32-16)20(18-4-2-17(3-5-18)13-33-14-26(28,29)15-33)10-30-25(34)31-11-21-19-8-9-35-23(19)7-6-22(21)27/h2-7,11,13,20-21H,8-10,12,14-16H2,1H3,(H,30,31);3-8,11,13,20H,9-10,12,14-16H2,1-2H3,(H,29,30);2-7,10,12H,8-9,11,13-15H2,1H3,(H,30,31). The van der Waals surface area contributed by atoms with Gasteiger partial charge in [0.05, 0.1) is 56.1 Å². The fourth-order valence-corrected chi connectivity index (χ4v) is 15.6. The van der Waals surface area contributed by atoms with Crippen LogP contribution in [-0.2, 0) is 63.3 Å². The third-order valence-electron chi connectivity index (χ3n) is 21.2. The zero-order valence-electron chi connectivity index (χ0n) is 58.9. The summed E-state index contributed by atoms with van der Waals surface area (Å²) in [5, 5.41) is 9.92. The van der Waals surface area contributed by atoms with Gasteiger partial charge in [-0.1, -0.05) is 72.8 Å². The molecule has 12 heterocycles. The fraction of sp³-hybridized carbons (Fsp3) is 0.333. The molecule has 12 aromatic rings. The topological polar surface area (TPSA) is 173 Å². The molecule has 538 valence electrons. The molecule has 1 saturated carbocycles. The van der Waals surface area contributed by atoms with E-state index in [0.29, 0.717) is 86.5 Å². The lowest BCUT2D eigenvalue weighted by Crippen LogP contribution is -2.55. The van der Waals surface area contributed by atoms with Gasteiger partial charge in [-0.3, -0.25) is 27.9 Å². The Balaban J connectivity index is 0.000000116. The SMILES string of the molecule is COC1CN(Cc2ccc(-c3cnc(NCc4c(F)ccc5c4CCO5)n4cc(C)nc34)cc2)C1.Cc1cn2c(NCc3c(F)ccc4c3CCO4)ncc(-c3ccc(CN4CC(F)(F)C4)cc3)c2n1.Cc1cn2c(NCc3c(F)ccc4c3CCO4)ncc(-c3ccc(CN4CC5CC5C4)cc3)c2n1. The molecule has 1 aliphatic carbocycles. The molecule has 7 aliphatic rings. The molecule has 19 rings (SSSR count). The number of halogens is 5. The van der Waals surface area contributed by atoms with E-state index in [0.717, 1.165) is 158 Å². The van der Waals surface area contributed by atoms with Crippen LogP contribution in [0.15, 0.2) is 146 Å². The van der Waals surface area contributed by atoms with Gasteiger partial charge >= 0.3 is 0 Å². The smallest absolute Gasteiger partial charge is 0.272 e. The third kappa shape index (κ3) is 14.0. The maximum Gasteiger partial charge on any atom is 0.272 e. The van der Waals surface area contributed by atoms with Crippen LogP contribution in [0.25, 0.3) is 50.3 Å². The quantitative estimate of drug-likeness (QED) is 0.0652. The highest BCUT2D eigenvalue weighted by molar-refractivity contribution is 5.80. The van der Waals surface area contributed by atoms with Crippen LogP contribution in [0.1, 0.15) is 73.6 Å². The van der Waals surface area contributed by atoms with Gasteiger partial charge in [-0.25, -0.2) is 51.9 Å². The Bertz CT molecular complexity index is 5240. The Morgan fingerprint density at radius 2 is 0.781 bits per heavy atom. The molecule has 0 amide bonds. The number of imidazole rings is 3. The molecular weight excluding hydrogens is 1340 g/mol. The number of likely N-dealkylation sites (tertiary alicyclic amines) is 3. The van der Waals surface area contributed by atoms with E-state index in [2.05, 4.69) is 89.2 Å². The number of methoxy groups -OCH3 is 1. The van der Waals surface area contributed by atoms with Gasteiger partial charge in [0.15, 0.2) is 0 Å². The molecule has 0 radical (unpaired) electrons. The Morgan fingerprint density at radius 1 is 0.448 bits per heavy atom. The summed E-state index contributed by atoms with van der Waals surface area (Å²) in [5.41, 5.74) is 19.1. The van der Waals surface area contributed by atoms with Gasteiger partial charge in [0, 0.05) is 179 Å². The molecule has 6 aromatic carbocycles. The van der Waals surface area contributed by atoms with Crippen molar-refractivity contribution in [3.63, 3.8) is 0 Å². The molecule has 3 N–H and O–H groups in total. The Kier molecular flexibility index (Phi) is 18.1. The van der Waals surface area contributed by atoms with Crippen molar-refractivity contribution in [3.05, 3.63) is 231 Å². The lowest BCUT2D eigenvalue weighted by Gasteiger charge is -2.38. The van der Waals surface area contributed by atoms with Gasteiger partial charge in [0.25, 0.3) is 5.92 Å². The van der Waals surface area contributed by atoms with Crippen LogP contribution in [0.3, 0.4) is 0 Å². The Morgan fingerprint density at radius 3 is 1.11 bits per heavy atom. The monoisotopic (exact) mass is 1420 g/mol. The number of ether oxygens (including phenoxy) is 4. The number of alkyl halides is 2. The first-order chi connectivity index (χ1) is 51.1. The van der Waals surface area contributed by atoms with Gasteiger partial charge in [-0.05, 0) is 109 Å². The predicted octanol–water partition coefficient (Wildman–Crippen LogP) is 13.9. The minimum absolute atomic E-state index is 0.191. The highest BCUT2D eigenvalue weighted by Gasteiger charge is 2.45. The molecule has 24 heteroatoms. The fourth-order valence-electron chi connectivity index (χ4n) is 15.6. The minimum Gasteiger partial charge on any atom is -0.493 e. The number of piperidine rings is 1. The van der Waals surface area contributed by atoms with Crippen LogP contribution in [0.4, 0.5) is 39.8 Å². The lowest BCUT2D eigenvalue weighted by molar-refractivity contribution is -0.133. The second-order valence-corrected chi connectivity index (χ2v) is 28.7. The number of nitrogens with one attached hydrogen (secondary N) is 3. The third-order valence-corrected chi connectivity index (χ3v) is 21.2. The van der Waals surface area contributed by atoms with Crippen LogP contribution in [0.5, 0.6) is 17.2 Å². The number of fused-ring (bicyclic) bond motifs is 7. The summed E-state index contributed by atoms with van der Waals surface area (Å²) < 4.78 is 97.9. The van der Waals surface area contributed by atoms with Crippen molar-refractivity contribution in [1.82, 2.24) is 57.8 Å². The van der Waals surface area contributed by atoms with E-state index in [9.17, 15) is 22.0 Å². The minimum atomic E-state index is -2.56. The molecular formula is C81H80F5N15O4. The van der Waals surface area contributed by atoms with Crippen molar-refractivity contribution in [2.24, 2.45) is 11.8 Å². The molecule has 19 nitrogen and oxygen atoms in total. The average Bonchev–Trinajstić information content (AvgIpc) is 1.71. The summed E-state index contributed by atoms with van der Waals surface area (Å²) in [6, 6.07) is 34.7. The summed E-state index contributed by atoms with van der Waals surface area (Å²) in [6.07, 6.45) is 15.2. The average molecular weight is 1420 g/mol. The molecule has 4 fully saturated rings. The van der Waals surface area contributed by atoms with E-state index in [1.807, 2.05) is 89.2 Å². The van der Waals surface area contributed by atoms with Gasteiger partial charge in [0.2, 0.25) is 17.8 Å². The zero-order valence-corrected chi connectivity index (χ0v) is 58.9. The van der Waals surface area contributed by atoms with Crippen molar-refractivity contribution >= 4 is 34.8 Å². The van der Waals surface area contributed by atoms with E-state index in [-0.39, 0.29) is 37.1 Å². The summed E-state index contributed by atoms with van der Waals surface area (Å²) in [4.78, 5) is 34.9. The number of hydrogen-bond acceptors (Lipinski definition) is 16. The normalized spacial score (nSPS) is 17.7. The largest absolute Gasteiger partial charge is 0.493 e. The molecule has 6 aromatic heterocycles. The second-order valence-electron chi connectivity index (χ2n) is 28.7. The van der Waals surface area contributed by atoms with Crippen molar-refractivity contribution in [1.29, 1.82) is 0 Å². The first-order valence-electron chi connectivity index (χ1n) is 36.0. The molecule has 3 saturated heterocycles. The molecule has 0 bridgehead atoms. The van der Waals surface area contributed by atoms with E-state index in [1.165, 1.54) is 48.8 Å². The summed E-state index contributed by atoms with van der Waals surface area (Å²) in [6.45, 7) is 15.1. The van der Waals surface area contributed by atoms with Crippen LogP contribution in [0.2, 0.25) is 0 Å². The zero-order chi connectivity index (χ0) is 71.6. The Hall–Kier alpha value is -10.5. The lowest BCUT2D eigenvalue weighted by atomic mass is 10.0. The van der Waals surface area contributed by atoms with E-state index >= 15 is 0 Å². The van der Waals surface area contributed by atoms with Gasteiger partial charge in [-0.15, -0.1) is 0 Å². The molecule has 0 spiro atoms. The highest BCUT2D eigenvalue weighted by Crippen LogP contribution is 2.45. The summed E-state index contributed by atoms with van der Waals surface area (Å²) in [7, 11) is 1.77. The van der Waals surface area contributed by atoms with Crippen molar-refractivity contribution in [3.8, 4) is 50.6 Å². The predicted molar refractivity (Wildman–Crippen MR) is 391 cm³/mol. The molecule has 2 atom stereocenters. The van der Waals surface area contributed by atoms with Crippen LogP contribution in [0, 0.1) is 50.1 Å². The van der Waals surface area contributed by atoms with Gasteiger partial charge in [0.1, 0.15) is 51.6 Å². The van der Waals surface area contributed by atoms with E-state index in [1.54, 1.807) is 36.4 Å². The van der Waals surface area contributed by atoms with Gasteiger partial charge in [-0.2, -0.15) is 0 Å². The van der Waals surface area contributed by atoms with Crippen molar-refractivity contribution in [2.75, 3.05) is 82.1 Å². The molecule has 2 unspecified atom stereocenters. The van der Waals surface area contributed by atoms with Crippen LogP contribution in [-0.4, -0.2) is 136 Å². The number of hydrogen-bond donors (Lipinski definition) is 3. The number of nitrogens with zero attached hydrogens (tertiary/aromatic N) is 12. The maximum absolute atomic E-state index is 14.6. The van der Waals surface area contributed by atoms with Gasteiger partial charge < -0.3 is 34.9 Å². The maximum atomic E-state index is 14.6. The molecule has 105 heavy (non-hydrogen) atoms. The number of benzene rings is 6. The summed E-state index contributed by atoms with van der Waals surface area (Å²) in [5.74, 6) is 2.75. The number of aromatic nitrogens is 9. The molecule has 6 aliphatic heterocycles. The van der Waals surface area contributed by atoms with Crippen LogP contribution >= 0.6 is 0 Å². The summed E-state index contributed by atoms with van der Waals surface area (Å²) >= 11 is 0. The van der Waals surface area contributed by atoms with Crippen molar-refractivity contribution in [2.45, 2.75) is 97.7 Å². The number of anilines is 3. The number of aryl methyl sites for hydroxylation is 3. The van der Waals surface area contributed by atoms with Crippen molar-refractivity contribution < 1.29 is 40.9 Å². The van der Waals surface area contributed by atoms with E-state index in [4.69, 9.17) is 33.9 Å². The van der Waals surface area contributed by atoms with Crippen LogP contribution < -0.4 is 30.2 Å². The highest BCUT2D eigenvalue weighted by atomic mass is 19.3. The Labute approximate surface area is 604 Å². The second kappa shape index (κ2) is 28.2. The first kappa shape index (κ1) is 67.6. The van der Waals surface area contributed by atoms with E-state index < -0.39 is 5.92 Å².